The fourth-order valence-corrected chi connectivity index (χ4v) is 6.01. The summed E-state index contributed by atoms with van der Waals surface area (Å²) >= 11 is 0. The van der Waals surface area contributed by atoms with Gasteiger partial charge in [0.15, 0.2) is 6.29 Å². The van der Waals surface area contributed by atoms with E-state index in [4.69, 9.17) is 9.47 Å². The molecule has 1 aliphatic heterocycles. The molecule has 9 unspecified atom stereocenters. The fraction of sp³-hybridized carbons (Fsp3) is 0.919. The zero-order chi connectivity index (χ0) is 35.6. The number of carbonyl (C=O) groups excluding carboxylic acids is 1. The zero-order valence-electron chi connectivity index (χ0n) is 30.0. The number of carbonyl (C=O) groups is 1. The zero-order valence-corrected chi connectivity index (χ0v) is 30.0. The van der Waals surface area contributed by atoms with E-state index in [1.54, 1.807) is 0 Å². The molecule has 1 aliphatic rings. The van der Waals surface area contributed by atoms with Gasteiger partial charge in [0.2, 0.25) is 5.91 Å². The second kappa shape index (κ2) is 28.5. The van der Waals surface area contributed by atoms with Gasteiger partial charge in [0, 0.05) is 0 Å². The first-order valence-corrected chi connectivity index (χ1v) is 19.1. The molecule has 48 heavy (non-hydrogen) atoms. The normalized spacial score (nSPS) is 24.1. The van der Waals surface area contributed by atoms with Crippen LogP contribution in [0.5, 0.6) is 0 Å². The van der Waals surface area contributed by atoms with E-state index >= 15 is 0 Å². The Kier molecular flexibility index (Phi) is 26.7. The summed E-state index contributed by atoms with van der Waals surface area (Å²) in [4.78, 5) is 12.9. The van der Waals surface area contributed by atoms with E-state index in [2.05, 4.69) is 25.2 Å². The van der Waals surface area contributed by atoms with Crippen molar-refractivity contribution < 1.29 is 50.0 Å². The molecule has 9 atom stereocenters. The molecule has 284 valence electrons. The SMILES string of the molecule is CCCC/C=C/CCCC(O)C(O)C(COC1OC(CO)C(O)C(O)C1O)NC(=O)C(O)CCCCCCCCCCCCCCCC. The van der Waals surface area contributed by atoms with Gasteiger partial charge in [-0.15, -0.1) is 0 Å². The Morgan fingerprint density at radius 3 is 1.77 bits per heavy atom. The molecule has 0 spiro atoms. The lowest BCUT2D eigenvalue weighted by Gasteiger charge is -2.40. The summed E-state index contributed by atoms with van der Waals surface area (Å²) in [6.07, 6.45) is 14.5. The summed E-state index contributed by atoms with van der Waals surface area (Å²) < 4.78 is 11.0. The summed E-state index contributed by atoms with van der Waals surface area (Å²) in [5.41, 5.74) is 0. The third kappa shape index (κ3) is 19.3. The molecule has 1 saturated heterocycles. The van der Waals surface area contributed by atoms with E-state index in [0.717, 1.165) is 44.9 Å². The summed E-state index contributed by atoms with van der Waals surface area (Å²) in [5, 5.41) is 74.8. The van der Waals surface area contributed by atoms with Crippen LogP contribution in [-0.4, -0.2) is 110 Å². The predicted octanol–water partition coefficient (Wildman–Crippen LogP) is 4.16. The maximum atomic E-state index is 12.9. The van der Waals surface area contributed by atoms with Crippen LogP contribution >= 0.6 is 0 Å². The van der Waals surface area contributed by atoms with Crippen molar-refractivity contribution in [3.05, 3.63) is 12.2 Å². The minimum atomic E-state index is -1.66. The highest BCUT2D eigenvalue weighted by atomic mass is 16.7. The largest absolute Gasteiger partial charge is 0.394 e. The Morgan fingerprint density at radius 1 is 0.708 bits per heavy atom. The number of rotatable bonds is 30. The van der Waals surface area contributed by atoms with Crippen LogP contribution < -0.4 is 5.32 Å². The van der Waals surface area contributed by atoms with E-state index in [1.165, 1.54) is 64.2 Å². The monoisotopic (exact) mass is 690 g/mol. The van der Waals surface area contributed by atoms with Crippen molar-refractivity contribution in [2.24, 2.45) is 0 Å². The van der Waals surface area contributed by atoms with Crippen molar-refractivity contribution in [3.63, 3.8) is 0 Å². The molecule has 0 bridgehead atoms. The molecular weight excluding hydrogens is 618 g/mol. The molecule has 0 aromatic carbocycles. The van der Waals surface area contributed by atoms with Gasteiger partial charge in [-0.1, -0.05) is 129 Å². The Labute approximate surface area is 290 Å². The lowest BCUT2D eigenvalue weighted by atomic mass is 9.98. The van der Waals surface area contributed by atoms with Crippen molar-refractivity contribution >= 4 is 5.91 Å². The van der Waals surface area contributed by atoms with Gasteiger partial charge < -0.3 is 50.5 Å². The van der Waals surface area contributed by atoms with Crippen LogP contribution in [0.15, 0.2) is 12.2 Å². The summed E-state index contributed by atoms with van der Waals surface area (Å²) in [7, 11) is 0. The van der Waals surface area contributed by atoms with Crippen molar-refractivity contribution in [2.45, 2.75) is 204 Å². The molecular formula is C37H71NO10. The molecule has 1 fully saturated rings. The van der Waals surface area contributed by atoms with Crippen LogP contribution in [0.3, 0.4) is 0 Å². The second-order valence-electron chi connectivity index (χ2n) is 13.6. The van der Waals surface area contributed by atoms with Gasteiger partial charge in [0.05, 0.1) is 25.4 Å². The van der Waals surface area contributed by atoms with Crippen LogP contribution in [0, 0.1) is 0 Å². The molecule has 1 amide bonds. The molecule has 0 aromatic heterocycles. The average Bonchev–Trinajstić information content (AvgIpc) is 3.08. The first-order chi connectivity index (χ1) is 23.2. The van der Waals surface area contributed by atoms with Gasteiger partial charge >= 0.3 is 0 Å². The molecule has 0 saturated carbocycles. The molecule has 11 heteroatoms. The van der Waals surface area contributed by atoms with Crippen LogP contribution in [0.2, 0.25) is 0 Å². The summed E-state index contributed by atoms with van der Waals surface area (Å²) in [5.74, 6) is -0.711. The Morgan fingerprint density at radius 2 is 1.23 bits per heavy atom. The third-order valence-corrected chi connectivity index (χ3v) is 9.32. The highest BCUT2D eigenvalue weighted by molar-refractivity contribution is 5.80. The van der Waals surface area contributed by atoms with E-state index in [9.17, 15) is 40.5 Å². The molecule has 0 radical (unpaired) electrons. The number of allylic oxidation sites excluding steroid dienone is 2. The molecule has 1 rings (SSSR count). The maximum Gasteiger partial charge on any atom is 0.249 e. The van der Waals surface area contributed by atoms with Gasteiger partial charge in [-0.3, -0.25) is 4.79 Å². The quantitative estimate of drug-likeness (QED) is 0.0402. The van der Waals surface area contributed by atoms with E-state index in [0.29, 0.717) is 12.8 Å². The Bertz CT molecular complexity index is 800. The standard InChI is InChI=1S/C37H71NO10/c1-3-5-7-9-11-12-13-14-15-16-17-19-21-23-25-30(41)36(46)38-28(32(42)29(40)24-22-20-18-10-8-6-4-2)27-47-37-35(45)34(44)33(43)31(26-39)48-37/h10,18,28-35,37,39-45H,3-9,11-17,19-27H2,1-2H3,(H,38,46)/b18-10+. The molecule has 11 nitrogen and oxygen atoms in total. The third-order valence-electron chi connectivity index (χ3n) is 9.32. The Hall–Kier alpha value is -1.15. The predicted molar refractivity (Wildman–Crippen MR) is 187 cm³/mol. The number of ether oxygens (including phenoxy) is 2. The minimum Gasteiger partial charge on any atom is -0.394 e. The van der Waals surface area contributed by atoms with Gasteiger partial charge in [-0.25, -0.2) is 0 Å². The summed E-state index contributed by atoms with van der Waals surface area (Å²) in [6, 6.07) is -1.18. The minimum absolute atomic E-state index is 0.257. The van der Waals surface area contributed by atoms with Gasteiger partial charge in [0.1, 0.15) is 36.6 Å². The first kappa shape index (κ1) is 44.9. The van der Waals surface area contributed by atoms with Crippen molar-refractivity contribution in [3.8, 4) is 0 Å². The highest BCUT2D eigenvalue weighted by Crippen LogP contribution is 2.23. The smallest absolute Gasteiger partial charge is 0.249 e. The lowest BCUT2D eigenvalue weighted by molar-refractivity contribution is -0.303. The second-order valence-corrected chi connectivity index (χ2v) is 13.6. The number of aliphatic hydroxyl groups excluding tert-OH is 7. The highest BCUT2D eigenvalue weighted by Gasteiger charge is 2.44. The lowest BCUT2D eigenvalue weighted by Crippen LogP contribution is -2.60. The number of nitrogens with one attached hydrogen (secondary N) is 1. The van der Waals surface area contributed by atoms with Crippen LogP contribution in [0.4, 0.5) is 0 Å². The number of unbranched alkanes of at least 4 members (excludes halogenated alkanes) is 16. The molecule has 8 N–H and O–H groups in total. The average molecular weight is 690 g/mol. The molecule has 0 aromatic rings. The Balaban J connectivity index is 2.53. The maximum absolute atomic E-state index is 12.9. The fourth-order valence-electron chi connectivity index (χ4n) is 6.01. The van der Waals surface area contributed by atoms with Crippen LogP contribution in [0.1, 0.15) is 149 Å². The van der Waals surface area contributed by atoms with Gasteiger partial charge in [-0.2, -0.15) is 0 Å². The number of hydrogen-bond acceptors (Lipinski definition) is 10. The van der Waals surface area contributed by atoms with Crippen molar-refractivity contribution in [1.82, 2.24) is 5.32 Å². The topological polar surface area (TPSA) is 189 Å². The van der Waals surface area contributed by atoms with Crippen LogP contribution in [-0.2, 0) is 14.3 Å². The van der Waals surface area contributed by atoms with Gasteiger partial charge in [-0.05, 0) is 32.1 Å². The number of aliphatic hydroxyl groups is 7. The first-order valence-electron chi connectivity index (χ1n) is 19.1. The van der Waals surface area contributed by atoms with E-state index in [1.807, 2.05) is 6.08 Å². The number of hydrogen-bond donors (Lipinski definition) is 8. The van der Waals surface area contributed by atoms with E-state index < -0.39 is 74.2 Å². The van der Waals surface area contributed by atoms with Crippen molar-refractivity contribution in [1.29, 1.82) is 0 Å². The molecule has 0 aliphatic carbocycles. The van der Waals surface area contributed by atoms with E-state index in [-0.39, 0.29) is 12.8 Å². The number of amides is 1. The molecule has 1 heterocycles. The van der Waals surface area contributed by atoms with Crippen LogP contribution in [0.25, 0.3) is 0 Å². The summed E-state index contributed by atoms with van der Waals surface area (Å²) in [6.45, 7) is 3.30. The van der Waals surface area contributed by atoms with Gasteiger partial charge in [0.25, 0.3) is 0 Å². The van der Waals surface area contributed by atoms with Crippen molar-refractivity contribution in [2.75, 3.05) is 13.2 Å².